The minimum Gasteiger partial charge on any atom is -0.477 e. The average molecular weight is 534 g/mol. The van der Waals surface area contributed by atoms with Crippen molar-refractivity contribution in [3.05, 3.63) is 27.5 Å². The first-order chi connectivity index (χ1) is 17.4. The topological polar surface area (TPSA) is 96.3 Å². The highest BCUT2D eigenvalue weighted by atomic mass is 32.1. The summed E-state index contributed by atoms with van der Waals surface area (Å²) in [7, 11) is 0. The van der Waals surface area contributed by atoms with Crippen molar-refractivity contribution in [2.75, 3.05) is 24.7 Å². The van der Waals surface area contributed by atoms with Crippen LogP contribution in [-0.4, -0.2) is 59.7 Å². The van der Waals surface area contributed by atoms with Crippen molar-refractivity contribution >= 4 is 28.9 Å². The molecule has 1 aromatic rings. The Morgan fingerprint density at radius 3 is 2.51 bits per heavy atom. The van der Waals surface area contributed by atoms with Crippen molar-refractivity contribution < 1.29 is 29.3 Å². The number of carbonyl (C=O) groups is 2. The van der Waals surface area contributed by atoms with Crippen LogP contribution in [0.5, 0.6) is 0 Å². The lowest BCUT2D eigenvalue weighted by atomic mass is 9.78. The summed E-state index contributed by atoms with van der Waals surface area (Å²) in [6.45, 7) is 11.9. The zero-order chi connectivity index (χ0) is 27.0. The molecular weight excluding hydrogens is 490 g/mol. The number of hydrogen-bond acceptors (Lipinski definition) is 6. The first-order valence-corrected chi connectivity index (χ1v) is 14.5. The zero-order valence-electron chi connectivity index (χ0n) is 22.9. The average Bonchev–Trinajstić information content (AvgIpc) is 3.50. The monoisotopic (exact) mass is 533 g/mol. The molecule has 2 heterocycles. The van der Waals surface area contributed by atoms with Crippen LogP contribution in [0.1, 0.15) is 94.1 Å². The third kappa shape index (κ3) is 6.47. The Hall–Kier alpha value is -1.74. The third-order valence-electron chi connectivity index (χ3n) is 8.24. The Labute approximate surface area is 224 Å². The van der Waals surface area contributed by atoms with E-state index in [1.807, 2.05) is 6.07 Å². The van der Waals surface area contributed by atoms with E-state index in [1.54, 1.807) is 4.90 Å². The van der Waals surface area contributed by atoms with Gasteiger partial charge in [0, 0.05) is 23.4 Å². The summed E-state index contributed by atoms with van der Waals surface area (Å²) in [5.74, 6) is -0.988. The Morgan fingerprint density at radius 1 is 1.24 bits per heavy atom. The SMILES string of the molecule is CC1=CCC(C(=O)N(c2cc(C(C)(C)C)sc2C(=O)O)C2CCC(O)(CO[C@@H]3CCOC3)CC2)[C@H](C)C1. The van der Waals surface area contributed by atoms with Crippen LogP contribution in [0.25, 0.3) is 0 Å². The highest BCUT2D eigenvalue weighted by Gasteiger charge is 2.42. The molecule has 1 saturated heterocycles. The lowest BCUT2D eigenvalue weighted by Gasteiger charge is -2.42. The molecule has 7 nitrogen and oxygen atoms in total. The van der Waals surface area contributed by atoms with Crippen LogP contribution < -0.4 is 4.90 Å². The van der Waals surface area contributed by atoms with Crippen LogP contribution in [0.15, 0.2) is 17.7 Å². The summed E-state index contributed by atoms with van der Waals surface area (Å²) in [5.41, 5.74) is 0.650. The van der Waals surface area contributed by atoms with E-state index >= 15 is 0 Å². The van der Waals surface area contributed by atoms with E-state index < -0.39 is 11.6 Å². The highest BCUT2D eigenvalue weighted by Crippen LogP contribution is 2.43. The molecule has 0 radical (unpaired) electrons. The maximum absolute atomic E-state index is 14.2. The second-order valence-corrected chi connectivity index (χ2v) is 13.5. The van der Waals surface area contributed by atoms with Crippen molar-refractivity contribution in [3.63, 3.8) is 0 Å². The van der Waals surface area contributed by atoms with Crippen LogP contribution in [0.4, 0.5) is 5.69 Å². The van der Waals surface area contributed by atoms with Crippen LogP contribution in [0, 0.1) is 11.8 Å². The number of hydrogen-bond donors (Lipinski definition) is 2. The quantitative estimate of drug-likeness (QED) is 0.446. The van der Waals surface area contributed by atoms with E-state index in [1.165, 1.54) is 16.9 Å². The van der Waals surface area contributed by atoms with E-state index in [9.17, 15) is 19.8 Å². The highest BCUT2D eigenvalue weighted by molar-refractivity contribution is 7.14. The van der Waals surface area contributed by atoms with E-state index in [0.29, 0.717) is 51.0 Å². The first-order valence-electron chi connectivity index (χ1n) is 13.7. The zero-order valence-corrected chi connectivity index (χ0v) is 23.7. The molecule has 3 atom stereocenters. The summed E-state index contributed by atoms with van der Waals surface area (Å²) in [4.78, 5) is 29.6. The molecule has 0 bridgehead atoms. The number of rotatable bonds is 7. The molecule has 1 aromatic heterocycles. The fourth-order valence-corrected chi connectivity index (χ4v) is 6.90. The van der Waals surface area contributed by atoms with Crippen LogP contribution in [0.2, 0.25) is 0 Å². The molecule has 2 N–H and O–H groups in total. The maximum atomic E-state index is 14.2. The molecule has 206 valence electrons. The molecule has 2 fully saturated rings. The maximum Gasteiger partial charge on any atom is 0.348 e. The largest absolute Gasteiger partial charge is 0.477 e. The van der Waals surface area contributed by atoms with Gasteiger partial charge in [0.05, 0.1) is 30.6 Å². The van der Waals surface area contributed by atoms with Gasteiger partial charge in [-0.05, 0) is 69.3 Å². The van der Waals surface area contributed by atoms with Gasteiger partial charge >= 0.3 is 5.97 Å². The predicted molar refractivity (Wildman–Crippen MR) is 145 cm³/mol. The molecule has 4 rings (SSSR count). The predicted octanol–water partition coefficient (Wildman–Crippen LogP) is 5.55. The smallest absolute Gasteiger partial charge is 0.348 e. The minimum absolute atomic E-state index is 0.00630. The number of nitrogens with zero attached hydrogens (tertiary/aromatic N) is 1. The number of anilines is 1. The van der Waals surface area contributed by atoms with Crippen LogP contribution in [0.3, 0.4) is 0 Å². The molecule has 1 amide bonds. The number of carbonyl (C=O) groups excluding carboxylic acids is 1. The number of aromatic carboxylic acids is 1. The first kappa shape index (κ1) is 28.3. The molecule has 0 aromatic carbocycles. The van der Waals surface area contributed by atoms with Crippen molar-refractivity contribution in [2.24, 2.45) is 11.8 Å². The molecule has 8 heteroatoms. The molecule has 3 aliphatic rings. The summed E-state index contributed by atoms with van der Waals surface area (Å²) in [5, 5.41) is 21.4. The van der Waals surface area contributed by atoms with E-state index in [2.05, 4.69) is 40.7 Å². The van der Waals surface area contributed by atoms with Crippen molar-refractivity contribution in [2.45, 2.75) is 103 Å². The van der Waals surface area contributed by atoms with Gasteiger partial charge < -0.3 is 24.6 Å². The Morgan fingerprint density at radius 2 is 1.95 bits per heavy atom. The number of allylic oxidation sites excluding steroid dienone is 2. The number of aliphatic hydroxyl groups is 1. The normalized spacial score (nSPS) is 30.7. The van der Waals surface area contributed by atoms with Gasteiger partial charge in [0.2, 0.25) is 5.91 Å². The molecule has 1 aliphatic heterocycles. The molecule has 1 saturated carbocycles. The summed E-state index contributed by atoms with van der Waals surface area (Å²) < 4.78 is 11.3. The van der Waals surface area contributed by atoms with E-state index in [0.717, 1.165) is 17.7 Å². The Kier molecular flexibility index (Phi) is 8.53. The van der Waals surface area contributed by atoms with Crippen molar-refractivity contribution in [1.82, 2.24) is 0 Å². The lowest BCUT2D eigenvalue weighted by Crippen LogP contribution is -2.51. The molecule has 37 heavy (non-hydrogen) atoms. The lowest BCUT2D eigenvalue weighted by molar-refractivity contribution is -0.125. The molecule has 0 spiro atoms. The molecule has 1 unspecified atom stereocenters. The summed E-state index contributed by atoms with van der Waals surface area (Å²) >= 11 is 1.27. The van der Waals surface area contributed by atoms with Gasteiger partial charge in [-0.3, -0.25) is 4.79 Å². The minimum atomic E-state index is -1.000. The van der Waals surface area contributed by atoms with Gasteiger partial charge in [-0.15, -0.1) is 11.3 Å². The summed E-state index contributed by atoms with van der Waals surface area (Å²) in [6.07, 6.45) is 6.79. The number of carboxylic acids is 1. The van der Waals surface area contributed by atoms with Gasteiger partial charge in [0.15, 0.2) is 0 Å². The van der Waals surface area contributed by atoms with Crippen LogP contribution in [-0.2, 0) is 19.7 Å². The number of ether oxygens (including phenoxy) is 2. The Bertz CT molecular complexity index is 1010. The second-order valence-electron chi connectivity index (χ2n) is 12.4. The fraction of sp³-hybridized carbons (Fsp3) is 0.724. The van der Waals surface area contributed by atoms with E-state index in [-0.39, 0.29) is 46.8 Å². The van der Waals surface area contributed by atoms with Gasteiger partial charge in [-0.1, -0.05) is 39.3 Å². The number of thiophene rings is 1. The van der Waals surface area contributed by atoms with Crippen LogP contribution >= 0.6 is 11.3 Å². The fourth-order valence-electron chi connectivity index (χ4n) is 5.86. The van der Waals surface area contributed by atoms with Gasteiger partial charge in [-0.25, -0.2) is 4.79 Å². The summed E-state index contributed by atoms with van der Waals surface area (Å²) in [6, 6.07) is 1.76. The Balaban J connectivity index is 1.61. The van der Waals surface area contributed by atoms with Gasteiger partial charge in [0.1, 0.15) is 4.88 Å². The molecule has 2 aliphatic carbocycles. The van der Waals surface area contributed by atoms with Crippen molar-refractivity contribution in [3.8, 4) is 0 Å². The molecular formula is C29H43NO6S. The van der Waals surface area contributed by atoms with Gasteiger partial charge in [-0.2, -0.15) is 0 Å². The van der Waals surface area contributed by atoms with Crippen molar-refractivity contribution in [1.29, 1.82) is 0 Å². The van der Waals surface area contributed by atoms with E-state index in [4.69, 9.17) is 9.47 Å². The van der Waals surface area contributed by atoms with Gasteiger partial charge in [0.25, 0.3) is 0 Å². The third-order valence-corrected chi connectivity index (χ3v) is 9.78. The number of amides is 1. The standard InChI is InChI=1S/C29H43NO6S/c1-18-6-7-22(19(2)14-18)26(31)30(23-15-24(28(3,4)5)37-25(23)27(32)33)20-8-11-29(34,12-9-20)17-36-21-10-13-35-16-21/h6,15,19-22,34H,7-14,16-17H2,1-5H3,(H,32,33)/t19-,20?,21-,22?,29?/m1/s1. The number of carboxylic acid groups (broad SMARTS) is 1. The second kappa shape index (κ2) is 11.2.